The van der Waals surface area contributed by atoms with E-state index >= 15 is 0 Å². The molecule has 1 aromatic rings. The van der Waals surface area contributed by atoms with Crippen LogP contribution in [0.2, 0.25) is 0 Å². The number of alkyl halides is 1. The van der Waals surface area contributed by atoms with E-state index in [2.05, 4.69) is 15.9 Å². The number of hydrogen-bond donors (Lipinski definition) is 0. The highest BCUT2D eigenvalue weighted by atomic mass is 79.9. The summed E-state index contributed by atoms with van der Waals surface area (Å²) >= 11 is 3.66. The molecule has 0 unspecified atom stereocenters. The van der Waals surface area contributed by atoms with E-state index in [1.54, 1.807) is 24.3 Å². The lowest BCUT2D eigenvalue weighted by Gasteiger charge is -2.23. The number of aryl methyl sites for hydroxylation is 1. The molecule has 2 aliphatic rings. The molecule has 104 valence electrons. The van der Waals surface area contributed by atoms with Gasteiger partial charge in [-0.15, -0.1) is 0 Å². The van der Waals surface area contributed by atoms with E-state index < -0.39 is 10.0 Å². The van der Waals surface area contributed by atoms with Crippen LogP contribution in [0.1, 0.15) is 24.8 Å². The first-order chi connectivity index (χ1) is 8.93. The number of halogens is 1. The van der Waals surface area contributed by atoms with E-state index in [9.17, 15) is 8.42 Å². The summed E-state index contributed by atoms with van der Waals surface area (Å²) in [5.41, 5.74) is 1.04. The number of fused-ring (bicyclic) bond motifs is 1. The molecule has 1 aromatic carbocycles. The first-order valence-electron chi connectivity index (χ1n) is 6.36. The Morgan fingerprint density at radius 1 is 1.37 bits per heavy atom. The highest BCUT2D eigenvalue weighted by Crippen LogP contribution is 2.47. The number of hydroxylamine groups is 1. The van der Waals surface area contributed by atoms with Crippen molar-refractivity contribution < 1.29 is 13.3 Å². The molecule has 0 radical (unpaired) electrons. The highest BCUT2D eigenvalue weighted by Gasteiger charge is 2.54. The van der Waals surface area contributed by atoms with Crippen molar-refractivity contribution in [1.82, 2.24) is 4.47 Å². The highest BCUT2D eigenvalue weighted by molar-refractivity contribution is 9.10. The van der Waals surface area contributed by atoms with Gasteiger partial charge in [-0.3, -0.25) is 4.84 Å². The lowest BCUT2D eigenvalue weighted by Crippen LogP contribution is -2.39. The lowest BCUT2D eigenvalue weighted by molar-refractivity contribution is -0.0513. The van der Waals surface area contributed by atoms with E-state index in [0.29, 0.717) is 11.5 Å². The molecule has 2 fully saturated rings. The summed E-state index contributed by atoms with van der Waals surface area (Å²) in [5, 5.41) is 0. The molecule has 1 aliphatic carbocycles. The Morgan fingerprint density at radius 2 is 2.05 bits per heavy atom. The van der Waals surface area contributed by atoms with Crippen LogP contribution in [-0.4, -0.2) is 29.9 Å². The molecule has 0 amide bonds. The van der Waals surface area contributed by atoms with Gasteiger partial charge in [-0.05, 0) is 31.9 Å². The van der Waals surface area contributed by atoms with Crippen LogP contribution in [-0.2, 0) is 14.9 Å². The van der Waals surface area contributed by atoms with Gasteiger partial charge in [0.05, 0.1) is 21.9 Å². The topological polar surface area (TPSA) is 46.6 Å². The van der Waals surface area contributed by atoms with Gasteiger partial charge in [-0.2, -0.15) is 0 Å². The fourth-order valence-corrected chi connectivity index (χ4v) is 5.24. The second-order valence-electron chi connectivity index (χ2n) is 5.29. The summed E-state index contributed by atoms with van der Waals surface area (Å²) in [4.78, 5) is 5.76. The molecule has 3 rings (SSSR count). The predicted octanol–water partition coefficient (Wildman–Crippen LogP) is 2.62. The van der Waals surface area contributed by atoms with E-state index in [4.69, 9.17) is 4.84 Å². The van der Waals surface area contributed by atoms with Gasteiger partial charge in [0.2, 0.25) is 0 Å². The molecule has 0 aromatic heterocycles. The maximum atomic E-state index is 12.6. The monoisotopic (exact) mass is 345 g/mol. The molecule has 0 bridgehead atoms. The van der Waals surface area contributed by atoms with Crippen molar-refractivity contribution in [1.29, 1.82) is 0 Å². The molecule has 2 atom stereocenters. The van der Waals surface area contributed by atoms with Crippen LogP contribution in [0.5, 0.6) is 0 Å². The fraction of sp³-hybridized carbons (Fsp3) is 0.538. The van der Waals surface area contributed by atoms with Crippen LogP contribution in [0.25, 0.3) is 0 Å². The predicted molar refractivity (Wildman–Crippen MR) is 75.5 cm³/mol. The molecule has 0 spiro atoms. The Morgan fingerprint density at radius 3 is 2.74 bits per heavy atom. The van der Waals surface area contributed by atoms with E-state index in [0.717, 1.165) is 24.8 Å². The third-order valence-electron chi connectivity index (χ3n) is 3.91. The van der Waals surface area contributed by atoms with Crippen molar-refractivity contribution in [2.45, 2.75) is 41.4 Å². The maximum absolute atomic E-state index is 12.6. The summed E-state index contributed by atoms with van der Waals surface area (Å²) < 4.78 is 26.2. The smallest absolute Gasteiger partial charge is 0.265 e. The van der Waals surface area contributed by atoms with Gasteiger partial charge in [0.1, 0.15) is 0 Å². The van der Waals surface area contributed by atoms with E-state index in [1.165, 1.54) is 4.47 Å². The van der Waals surface area contributed by atoms with Crippen LogP contribution in [0.4, 0.5) is 0 Å². The first-order valence-corrected chi connectivity index (χ1v) is 8.60. The summed E-state index contributed by atoms with van der Waals surface area (Å²) in [6.45, 7) is 2.35. The number of rotatable bonds is 2. The van der Waals surface area contributed by atoms with E-state index in [-0.39, 0.29) is 10.4 Å². The molecular weight excluding hydrogens is 330 g/mol. The lowest BCUT2D eigenvalue weighted by atomic mass is 10.1. The minimum absolute atomic E-state index is 0.0983. The Hall–Kier alpha value is -0.430. The number of hydrogen-bond acceptors (Lipinski definition) is 3. The van der Waals surface area contributed by atoms with Gasteiger partial charge in [0, 0.05) is 0 Å². The minimum atomic E-state index is -3.57. The van der Waals surface area contributed by atoms with Crippen molar-refractivity contribution in [2.24, 2.45) is 0 Å². The third-order valence-corrected chi connectivity index (χ3v) is 6.76. The molecule has 4 nitrogen and oxygen atoms in total. The van der Waals surface area contributed by atoms with Gasteiger partial charge in [-0.25, -0.2) is 8.42 Å². The average molecular weight is 346 g/mol. The Labute approximate surface area is 121 Å². The van der Waals surface area contributed by atoms with Crippen LogP contribution in [0, 0.1) is 6.92 Å². The number of nitrogens with zero attached hydrogens (tertiary/aromatic N) is 1. The van der Waals surface area contributed by atoms with Crippen molar-refractivity contribution in [2.75, 3.05) is 6.61 Å². The molecule has 1 aliphatic heterocycles. The zero-order valence-electron chi connectivity index (χ0n) is 10.7. The maximum Gasteiger partial charge on any atom is 0.265 e. The zero-order valence-corrected chi connectivity index (χ0v) is 13.1. The Bertz CT molecular complexity index is 586. The Kier molecular flexibility index (Phi) is 3.24. The second kappa shape index (κ2) is 4.55. The second-order valence-corrected chi connectivity index (χ2v) is 8.65. The van der Waals surface area contributed by atoms with Gasteiger partial charge in [-0.1, -0.05) is 44.5 Å². The van der Waals surface area contributed by atoms with E-state index in [1.807, 2.05) is 6.92 Å². The average Bonchev–Trinajstić information content (AvgIpc) is 2.86. The molecule has 1 heterocycles. The molecule has 0 N–H and O–H groups in total. The summed E-state index contributed by atoms with van der Waals surface area (Å²) in [6, 6.07) is 6.78. The van der Waals surface area contributed by atoms with Crippen molar-refractivity contribution in [3.8, 4) is 0 Å². The molecule has 1 saturated heterocycles. The fourth-order valence-electron chi connectivity index (χ4n) is 2.79. The number of benzene rings is 1. The Balaban J connectivity index is 1.95. The van der Waals surface area contributed by atoms with Crippen LogP contribution in [0.3, 0.4) is 0 Å². The molecule has 1 saturated carbocycles. The third kappa shape index (κ3) is 2.14. The zero-order chi connectivity index (χ0) is 13.7. The molecule has 6 heteroatoms. The molecule has 19 heavy (non-hydrogen) atoms. The van der Waals surface area contributed by atoms with Crippen molar-refractivity contribution in [3.63, 3.8) is 0 Å². The van der Waals surface area contributed by atoms with Gasteiger partial charge in [0.25, 0.3) is 10.0 Å². The van der Waals surface area contributed by atoms with Crippen LogP contribution >= 0.6 is 15.9 Å². The normalized spacial score (nSPS) is 31.6. The minimum Gasteiger partial charge on any atom is -0.282 e. The standard InChI is InChI=1S/C13H16BrNO3S/c1-10-4-6-11(7-5-10)19(16,17)15-12-3-2-8-13(12,14)9-18-15/h4-7,12H,2-3,8-9H2,1H3/t12-,13+/m1/s1. The van der Waals surface area contributed by atoms with Crippen LogP contribution < -0.4 is 0 Å². The SMILES string of the molecule is Cc1ccc(S(=O)(=O)N2OC[C@@]3(Br)CCC[C@@H]23)cc1. The number of sulfonamides is 1. The van der Waals surface area contributed by atoms with Gasteiger partial charge < -0.3 is 0 Å². The van der Waals surface area contributed by atoms with Gasteiger partial charge >= 0.3 is 0 Å². The molecular formula is C13H16BrNO3S. The summed E-state index contributed by atoms with van der Waals surface area (Å²) in [6.07, 6.45) is 2.83. The largest absolute Gasteiger partial charge is 0.282 e. The van der Waals surface area contributed by atoms with Crippen molar-refractivity contribution >= 4 is 26.0 Å². The summed E-state index contributed by atoms with van der Waals surface area (Å²) in [7, 11) is -3.57. The quantitative estimate of drug-likeness (QED) is 0.774. The van der Waals surface area contributed by atoms with Crippen LogP contribution in [0.15, 0.2) is 29.2 Å². The summed E-state index contributed by atoms with van der Waals surface area (Å²) in [5.74, 6) is 0. The first kappa shape index (κ1) is 13.5. The van der Waals surface area contributed by atoms with Crippen molar-refractivity contribution in [3.05, 3.63) is 29.8 Å². The van der Waals surface area contributed by atoms with Gasteiger partial charge in [0.15, 0.2) is 0 Å².